The van der Waals surface area contributed by atoms with Gasteiger partial charge < -0.3 is 5.11 Å². The highest BCUT2D eigenvalue weighted by Gasteiger charge is 2.29. The SMILES string of the molecule is C=CCc1ccccc1.OC(C1CCCCC1)C1CCCCC1. The maximum absolute atomic E-state index is 10.3. The van der Waals surface area contributed by atoms with Crippen LogP contribution in [0.1, 0.15) is 69.8 Å². The first kappa shape index (κ1) is 18.3. The molecule has 0 aliphatic heterocycles. The largest absolute Gasteiger partial charge is 0.393 e. The van der Waals surface area contributed by atoms with E-state index in [1.807, 2.05) is 24.3 Å². The first-order valence-electron chi connectivity index (χ1n) is 9.64. The van der Waals surface area contributed by atoms with Crippen molar-refractivity contribution in [3.05, 3.63) is 48.6 Å². The Morgan fingerprint density at radius 2 is 1.35 bits per heavy atom. The van der Waals surface area contributed by atoms with Crippen molar-refractivity contribution in [2.75, 3.05) is 0 Å². The molecule has 0 aromatic heterocycles. The molecule has 2 aliphatic rings. The van der Waals surface area contributed by atoms with E-state index in [1.165, 1.54) is 69.8 Å². The van der Waals surface area contributed by atoms with Gasteiger partial charge in [-0.25, -0.2) is 0 Å². The quantitative estimate of drug-likeness (QED) is 0.684. The summed E-state index contributed by atoms with van der Waals surface area (Å²) in [4.78, 5) is 0. The lowest BCUT2D eigenvalue weighted by molar-refractivity contribution is 0.0186. The van der Waals surface area contributed by atoms with E-state index in [1.54, 1.807) is 0 Å². The third-order valence-electron chi connectivity index (χ3n) is 5.49. The molecule has 23 heavy (non-hydrogen) atoms. The summed E-state index contributed by atoms with van der Waals surface area (Å²) in [6.45, 7) is 3.66. The fourth-order valence-corrected chi connectivity index (χ4v) is 4.12. The third-order valence-corrected chi connectivity index (χ3v) is 5.49. The molecule has 1 N–H and O–H groups in total. The Hall–Kier alpha value is -1.08. The van der Waals surface area contributed by atoms with E-state index in [9.17, 15) is 5.11 Å². The van der Waals surface area contributed by atoms with Crippen molar-refractivity contribution in [2.45, 2.75) is 76.7 Å². The average molecular weight is 315 g/mol. The molecule has 1 heteroatoms. The van der Waals surface area contributed by atoms with Crippen molar-refractivity contribution in [3.63, 3.8) is 0 Å². The van der Waals surface area contributed by atoms with Crippen LogP contribution in [0.4, 0.5) is 0 Å². The van der Waals surface area contributed by atoms with Gasteiger partial charge in [0.1, 0.15) is 0 Å². The zero-order valence-corrected chi connectivity index (χ0v) is 14.6. The van der Waals surface area contributed by atoms with E-state index in [0.29, 0.717) is 11.8 Å². The summed E-state index contributed by atoms with van der Waals surface area (Å²) in [5.41, 5.74) is 1.33. The fraction of sp³-hybridized carbons (Fsp3) is 0.636. The molecule has 2 fully saturated rings. The van der Waals surface area contributed by atoms with Crippen LogP contribution in [0, 0.1) is 11.8 Å². The second-order valence-electron chi connectivity index (χ2n) is 7.27. The van der Waals surface area contributed by atoms with Gasteiger partial charge >= 0.3 is 0 Å². The Labute approximate surface area is 142 Å². The molecule has 2 aliphatic carbocycles. The molecule has 0 saturated heterocycles. The molecule has 1 nitrogen and oxygen atoms in total. The molecule has 0 bridgehead atoms. The van der Waals surface area contributed by atoms with Crippen molar-refractivity contribution < 1.29 is 5.11 Å². The van der Waals surface area contributed by atoms with Crippen LogP contribution in [0.2, 0.25) is 0 Å². The van der Waals surface area contributed by atoms with Gasteiger partial charge in [0.15, 0.2) is 0 Å². The predicted molar refractivity (Wildman–Crippen MR) is 99.5 cm³/mol. The molecule has 1 aromatic carbocycles. The van der Waals surface area contributed by atoms with Gasteiger partial charge in [0, 0.05) is 0 Å². The minimum absolute atomic E-state index is 0.0376. The number of rotatable bonds is 4. The summed E-state index contributed by atoms with van der Waals surface area (Å²) in [6.07, 6.45) is 16.3. The lowest BCUT2D eigenvalue weighted by Crippen LogP contribution is -2.31. The average Bonchev–Trinajstić information content (AvgIpc) is 2.64. The van der Waals surface area contributed by atoms with E-state index in [0.717, 1.165) is 6.42 Å². The standard InChI is InChI=1S/C13H24O.C9H10/c14-13(11-7-3-1-4-8-11)12-9-5-2-6-10-12;1-2-6-9-7-4-3-5-8-9/h11-14H,1-10H2;2-5,7-8H,1,6H2. The zero-order valence-electron chi connectivity index (χ0n) is 14.6. The lowest BCUT2D eigenvalue weighted by Gasteiger charge is -2.34. The van der Waals surface area contributed by atoms with Crippen molar-refractivity contribution in [3.8, 4) is 0 Å². The van der Waals surface area contributed by atoms with Crippen molar-refractivity contribution in [1.29, 1.82) is 0 Å². The van der Waals surface area contributed by atoms with Crippen LogP contribution < -0.4 is 0 Å². The first-order valence-corrected chi connectivity index (χ1v) is 9.64. The van der Waals surface area contributed by atoms with Crippen LogP contribution in [0.3, 0.4) is 0 Å². The van der Waals surface area contributed by atoms with Crippen molar-refractivity contribution in [2.24, 2.45) is 11.8 Å². The third kappa shape index (κ3) is 6.51. The minimum atomic E-state index is 0.0376. The normalized spacial score (nSPS) is 19.9. The second-order valence-corrected chi connectivity index (χ2v) is 7.27. The number of hydrogen-bond donors (Lipinski definition) is 1. The molecule has 2 saturated carbocycles. The summed E-state index contributed by atoms with van der Waals surface area (Å²) in [7, 11) is 0. The summed E-state index contributed by atoms with van der Waals surface area (Å²) < 4.78 is 0. The van der Waals surface area contributed by atoms with Gasteiger partial charge in [-0.15, -0.1) is 6.58 Å². The topological polar surface area (TPSA) is 20.2 Å². The highest BCUT2D eigenvalue weighted by Crippen LogP contribution is 2.35. The zero-order chi connectivity index (χ0) is 16.3. The summed E-state index contributed by atoms with van der Waals surface area (Å²) >= 11 is 0. The summed E-state index contributed by atoms with van der Waals surface area (Å²) in [5, 5.41) is 10.3. The van der Waals surface area contributed by atoms with E-state index in [2.05, 4.69) is 18.7 Å². The molecule has 0 radical (unpaired) electrons. The molecule has 3 rings (SSSR count). The summed E-state index contributed by atoms with van der Waals surface area (Å²) in [5.74, 6) is 1.29. The van der Waals surface area contributed by atoms with Crippen molar-refractivity contribution in [1.82, 2.24) is 0 Å². The molecule has 1 aromatic rings. The van der Waals surface area contributed by atoms with Gasteiger partial charge in [-0.2, -0.15) is 0 Å². The van der Waals surface area contributed by atoms with Gasteiger partial charge in [-0.1, -0.05) is 74.9 Å². The van der Waals surface area contributed by atoms with Gasteiger partial charge in [0.25, 0.3) is 0 Å². The van der Waals surface area contributed by atoms with E-state index >= 15 is 0 Å². The Morgan fingerprint density at radius 3 is 1.78 bits per heavy atom. The van der Waals surface area contributed by atoms with Gasteiger partial charge in [-0.3, -0.25) is 0 Å². The number of allylic oxidation sites excluding steroid dienone is 1. The molecular formula is C22H34O. The van der Waals surface area contributed by atoms with E-state index in [4.69, 9.17) is 0 Å². The monoisotopic (exact) mass is 314 g/mol. The van der Waals surface area contributed by atoms with E-state index in [-0.39, 0.29) is 6.10 Å². The lowest BCUT2D eigenvalue weighted by atomic mass is 9.75. The van der Waals surface area contributed by atoms with Gasteiger partial charge in [0.05, 0.1) is 6.10 Å². The van der Waals surface area contributed by atoms with Crippen LogP contribution >= 0.6 is 0 Å². The maximum Gasteiger partial charge on any atom is 0.0596 e. The van der Waals surface area contributed by atoms with Gasteiger partial charge in [0.2, 0.25) is 0 Å². The smallest absolute Gasteiger partial charge is 0.0596 e. The Balaban J connectivity index is 0.000000185. The van der Waals surface area contributed by atoms with Gasteiger partial charge in [-0.05, 0) is 49.5 Å². The first-order chi connectivity index (χ1) is 11.3. The Bertz CT molecular complexity index is 395. The number of benzene rings is 1. The molecule has 128 valence electrons. The number of aliphatic hydroxyl groups is 1. The van der Waals surface area contributed by atoms with Crippen molar-refractivity contribution >= 4 is 0 Å². The predicted octanol–water partition coefficient (Wildman–Crippen LogP) is 5.92. The molecule has 0 amide bonds. The second kappa shape index (κ2) is 10.6. The molecule has 0 atom stereocenters. The Kier molecular flexibility index (Phi) is 8.46. The fourth-order valence-electron chi connectivity index (χ4n) is 4.12. The maximum atomic E-state index is 10.3. The van der Waals surface area contributed by atoms with E-state index < -0.39 is 0 Å². The van der Waals surface area contributed by atoms with Crippen LogP contribution in [-0.2, 0) is 6.42 Å². The van der Waals surface area contributed by atoms with Crippen LogP contribution in [0.25, 0.3) is 0 Å². The number of hydrogen-bond acceptors (Lipinski definition) is 1. The highest BCUT2D eigenvalue weighted by molar-refractivity contribution is 5.16. The highest BCUT2D eigenvalue weighted by atomic mass is 16.3. The summed E-state index contributed by atoms with van der Waals surface area (Å²) in [6, 6.07) is 10.3. The molecule has 0 unspecified atom stereocenters. The Morgan fingerprint density at radius 1 is 0.870 bits per heavy atom. The molecule has 0 heterocycles. The molecule has 0 spiro atoms. The van der Waals surface area contributed by atoms with Crippen LogP contribution in [0.15, 0.2) is 43.0 Å². The minimum Gasteiger partial charge on any atom is -0.393 e. The molecular weight excluding hydrogens is 280 g/mol. The number of aliphatic hydroxyl groups excluding tert-OH is 1. The van der Waals surface area contributed by atoms with Crippen LogP contribution in [0.5, 0.6) is 0 Å². The van der Waals surface area contributed by atoms with Crippen LogP contribution in [-0.4, -0.2) is 11.2 Å².